The van der Waals surface area contributed by atoms with E-state index < -0.39 is 28.9 Å². The number of hydrogen-bond acceptors (Lipinski definition) is 3. The number of halogens is 6. The first-order valence-corrected chi connectivity index (χ1v) is 14.8. The minimum absolute atomic E-state index is 0.359. The molecule has 4 aromatic rings. The van der Waals surface area contributed by atoms with Crippen molar-refractivity contribution in [1.29, 1.82) is 0 Å². The molecular weight excluding hydrogens is 604 g/mol. The average Bonchev–Trinajstić information content (AvgIpc) is 3.30. The third kappa shape index (κ3) is 6.76. The van der Waals surface area contributed by atoms with Crippen molar-refractivity contribution >= 4 is 17.1 Å². The van der Waals surface area contributed by atoms with Gasteiger partial charge in [0.1, 0.15) is 0 Å². The van der Waals surface area contributed by atoms with Gasteiger partial charge in [-0.05, 0) is 95.8 Å². The molecule has 240 valence electrons. The quantitative estimate of drug-likeness (QED) is 0.0827. The second-order valence-corrected chi connectivity index (χ2v) is 11.0. The molecule has 0 saturated heterocycles. The lowest BCUT2D eigenvalue weighted by Crippen LogP contribution is -2.29. The van der Waals surface area contributed by atoms with Crippen LogP contribution < -0.4 is 4.90 Å². The van der Waals surface area contributed by atoms with E-state index in [2.05, 4.69) is 19.2 Å². The summed E-state index contributed by atoms with van der Waals surface area (Å²) in [6.07, 6.45) is -4.52. The van der Waals surface area contributed by atoms with Crippen molar-refractivity contribution in [2.75, 3.05) is 31.3 Å². The molecule has 0 fully saturated rings. The first-order valence-electron chi connectivity index (χ1n) is 14.8. The van der Waals surface area contributed by atoms with Crippen LogP contribution in [-0.4, -0.2) is 26.4 Å². The summed E-state index contributed by atoms with van der Waals surface area (Å²) in [4.78, 5) is 1.66. The Balaban J connectivity index is 1.66. The number of benzene rings is 4. The molecule has 0 heterocycles. The summed E-state index contributed by atoms with van der Waals surface area (Å²) in [5.74, 6) is 0. The maximum absolute atomic E-state index is 13.4. The molecule has 0 N–H and O–H groups in total. The fourth-order valence-electron chi connectivity index (χ4n) is 6.12. The maximum Gasteiger partial charge on any atom is 0.416 e. The molecule has 3 nitrogen and oxygen atoms in total. The summed E-state index contributed by atoms with van der Waals surface area (Å²) >= 11 is 0. The fourth-order valence-corrected chi connectivity index (χ4v) is 6.12. The number of fused-ring (bicyclic) bond motifs is 3. The van der Waals surface area contributed by atoms with Gasteiger partial charge in [-0.2, -0.15) is 26.3 Å². The normalized spacial score (nSPS) is 13.6. The Morgan fingerprint density at radius 2 is 1.04 bits per heavy atom. The van der Waals surface area contributed by atoms with E-state index in [4.69, 9.17) is 9.47 Å². The number of rotatable bonds is 13. The van der Waals surface area contributed by atoms with E-state index in [1.807, 2.05) is 36.4 Å². The van der Waals surface area contributed by atoms with Crippen molar-refractivity contribution in [1.82, 2.24) is 0 Å². The Morgan fingerprint density at radius 3 is 1.52 bits per heavy atom. The van der Waals surface area contributed by atoms with Gasteiger partial charge in [-0.25, -0.2) is 0 Å². The van der Waals surface area contributed by atoms with E-state index in [0.717, 1.165) is 46.5 Å². The molecule has 4 aromatic carbocycles. The lowest BCUT2D eigenvalue weighted by Gasteiger charge is -2.33. The van der Waals surface area contributed by atoms with Crippen LogP contribution in [-0.2, 0) is 27.2 Å². The molecule has 1 aliphatic rings. The van der Waals surface area contributed by atoms with Gasteiger partial charge in [-0.15, -0.1) is 13.2 Å². The minimum atomic E-state index is -4.54. The van der Waals surface area contributed by atoms with Crippen LogP contribution in [0.25, 0.3) is 11.1 Å². The Bertz CT molecular complexity index is 1590. The number of hydrogen-bond donors (Lipinski definition) is 0. The van der Waals surface area contributed by atoms with Crippen LogP contribution in [0.2, 0.25) is 0 Å². The van der Waals surface area contributed by atoms with E-state index in [1.54, 1.807) is 17.1 Å². The highest BCUT2D eigenvalue weighted by atomic mass is 19.4. The molecule has 5 rings (SSSR count). The first-order chi connectivity index (χ1) is 22.0. The summed E-state index contributed by atoms with van der Waals surface area (Å²) < 4.78 is 92.3. The number of anilines is 3. The molecule has 0 aliphatic heterocycles. The van der Waals surface area contributed by atoms with Gasteiger partial charge in [-0.1, -0.05) is 42.5 Å². The molecule has 1 aliphatic carbocycles. The molecule has 46 heavy (non-hydrogen) atoms. The molecule has 9 heteroatoms. The second kappa shape index (κ2) is 13.6. The van der Waals surface area contributed by atoms with Gasteiger partial charge in [-0.3, -0.25) is 0 Å². The van der Waals surface area contributed by atoms with Crippen molar-refractivity contribution in [2.45, 2.75) is 30.6 Å². The third-order valence-electron chi connectivity index (χ3n) is 8.23. The molecule has 0 amide bonds. The van der Waals surface area contributed by atoms with E-state index >= 15 is 0 Å². The third-order valence-corrected chi connectivity index (χ3v) is 8.23. The highest BCUT2D eigenvalue weighted by Crippen LogP contribution is 2.54. The highest BCUT2D eigenvalue weighted by molar-refractivity contribution is 5.86. The Hall–Kier alpha value is -4.34. The van der Waals surface area contributed by atoms with Crippen LogP contribution in [0.15, 0.2) is 116 Å². The van der Waals surface area contributed by atoms with Gasteiger partial charge in [0.15, 0.2) is 0 Å². The van der Waals surface area contributed by atoms with Gasteiger partial charge in [0.2, 0.25) is 0 Å². The maximum atomic E-state index is 13.4. The summed E-state index contributed by atoms with van der Waals surface area (Å²) in [6, 6.07) is 23.0. The predicted octanol–water partition coefficient (Wildman–Crippen LogP) is 10.6. The summed E-state index contributed by atoms with van der Waals surface area (Å²) in [6.45, 7) is 9.07. The van der Waals surface area contributed by atoms with Crippen LogP contribution in [0.1, 0.15) is 35.1 Å². The van der Waals surface area contributed by atoms with Crippen LogP contribution in [0, 0.1) is 0 Å². The highest BCUT2D eigenvalue weighted by Gasteiger charge is 2.43. The van der Waals surface area contributed by atoms with Gasteiger partial charge in [0.25, 0.3) is 0 Å². The van der Waals surface area contributed by atoms with Crippen molar-refractivity contribution < 1.29 is 35.8 Å². The van der Waals surface area contributed by atoms with Crippen LogP contribution >= 0.6 is 0 Å². The summed E-state index contributed by atoms with van der Waals surface area (Å²) in [7, 11) is 0. The van der Waals surface area contributed by atoms with E-state index in [0.29, 0.717) is 56.3 Å². The lowest BCUT2D eigenvalue weighted by molar-refractivity contribution is -0.138. The molecule has 0 atom stereocenters. The Morgan fingerprint density at radius 1 is 0.587 bits per heavy atom. The molecule has 0 radical (unpaired) electrons. The topological polar surface area (TPSA) is 21.7 Å². The van der Waals surface area contributed by atoms with E-state index in [9.17, 15) is 26.3 Å². The zero-order valence-corrected chi connectivity index (χ0v) is 25.0. The van der Waals surface area contributed by atoms with Crippen molar-refractivity contribution in [3.05, 3.63) is 139 Å². The second-order valence-electron chi connectivity index (χ2n) is 11.0. The van der Waals surface area contributed by atoms with Crippen molar-refractivity contribution in [2.24, 2.45) is 0 Å². The average molecular weight is 638 g/mol. The zero-order valence-electron chi connectivity index (χ0n) is 25.0. The number of alkyl halides is 6. The molecule has 0 saturated carbocycles. The molecular formula is C37H33F6NO2. The van der Waals surface area contributed by atoms with Crippen LogP contribution in [0.4, 0.5) is 43.4 Å². The van der Waals surface area contributed by atoms with Crippen LogP contribution in [0.5, 0.6) is 0 Å². The molecule has 0 unspecified atom stereocenters. The van der Waals surface area contributed by atoms with Crippen molar-refractivity contribution in [3.8, 4) is 11.1 Å². The SMILES string of the molecule is C=CCOCCC1(CCOCC=C)c2ccccc2-c2ccc(N(c3ccc(C(F)(F)F)cc3)c3ccc(C(F)(F)F)cc3)cc21. The van der Waals surface area contributed by atoms with Gasteiger partial charge >= 0.3 is 12.4 Å². The smallest absolute Gasteiger partial charge is 0.377 e. The zero-order chi connectivity index (χ0) is 33.0. The van der Waals surface area contributed by atoms with Gasteiger partial charge < -0.3 is 14.4 Å². The Kier molecular flexibility index (Phi) is 9.74. The van der Waals surface area contributed by atoms with Gasteiger partial charge in [0.05, 0.1) is 24.3 Å². The summed E-state index contributed by atoms with van der Waals surface area (Å²) in [5.41, 5.74) is 3.21. The van der Waals surface area contributed by atoms with E-state index in [-0.39, 0.29) is 0 Å². The number of ether oxygens (including phenoxy) is 2. The largest absolute Gasteiger partial charge is 0.416 e. The van der Waals surface area contributed by atoms with Gasteiger partial charge in [0, 0.05) is 35.7 Å². The monoisotopic (exact) mass is 637 g/mol. The molecule has 0 spiro atoms. The van der Waals surface area contributed by atoms with E-state index in [1.165, 1.54) is 24.3 Å². The Labute approximate surface area is 264 Å². The minimum Gasteiger partial charge on any atom is -0.377 e. The summed E-state index contributed by atoms with van der Waals surface area (Å²) in [5, 5.41) is 0. The molecule has 0 aromatic heterocycles. The molecule has 0 bridgehead atoms. The fraction of sp³-hybridized carbons (Fsp3) is 0.243. The number of nitrogens with zero attached hydrogens (tertiary/aromatic N) is 1. The lowest BCUT2D eigenvalue weighted by atomic mass is 9.73. The first kappa shape index (κ1) is 33.0. The van der Waals surface area contributed by atoms with Crippen molar-refractivity contribution in [3.63, 3.8) is 0 Å². The van der Waals surface area contributed by atoms with Crippen LogP contribution in [0.3, 0.4) is 0 Å². The predicted molar refractivity (Wildman–Crippen MR) is 169 cm³/mol. The standard InChI is InChI=1S/C37H33F6NO2/c1-3-21-45-23-19-35(20-24-46-22-4-2)33-8-6-5-7-31(33)32-18-17-30(25-34(32)35)44(28-13-9-26(10-14-28)36(38,39)40)29-15-11-27(12-16-29)37(41,42)43/h3-18,25H,1-2,19-24H2.